The van der Waals surface area contributed by atoms with Crippen molar-refractivity contribution in [2.24, 2.45) is 0 Å². The van der Waals surface area contributed by atoms with Crippen molar-refractivity contribution >= 4 is 29.0 Å². The molecule has 0 aliphatic carbocycles. The average Bonchev–Trinajstić information content (AvgIpc) is 2.48. The van der Waals surface area contributed by atoms with Crippen LogP contribution in [0.2, 0.25) is 0 Å². The molecule has 2 radical (unpaired) electrons. The van der Waals surface area contributed by atoms with Crippen LogP contribution in [0.15, 0.2) is 18.2 Å². The number of aryl methyl sites for hydroxylation is 2. The minimum Gasteiger partial charge on any atom is -0.478 e. The Kier molecular flexibility index (Phi) is 12.6. The van der Waals surface area contributed by atoms with Crippen LogP contribution >= 0.6 is 0 Å². The molecule has 22 heavy (non-hydrogen) atoms. The highest BCUT2D eigenvalue weighted by Gasteiger charge is 2.10. The van der Waals surface area contributed by atoms with E-state index in [4.69, 9.17) is 0 Å². The van der Waals surface area contributed by atoms with Gasteiger partial charge < -0.3 is 5.11 Å². The molecule has 0 spiro atoms. The number of hydrogen-bond donors (Lipinski definition) is 1. The number of benzene rings is 1. The molecule has 0 bridgehead atoms. The summed E-state index contributed by atoms with van der Waals surface area (Å²) in [6.07, 6.45) is 11.7. The van der Waals surface area contributed by atoms with E-state index in [0.717, 1.165) is 24.8 Å². The molecular formula is C19H30MgO2. The van der Waals surface area contributed by atoms with Crippen LogP contribution in [-0.2, 0) is 12.8 Å². The van der Waals surface area contributed by atoms with E-state index in [1.807, 2.05) is 6.07 Å². The van der Waals surface area contributed by atoms with Crippen LogP contribution in [0.5, 0.6) is 0 Å². The summed E-state index contributed by atoms with van der Waals surface area (Å²) < 4.78 is 0. The van der Waals surface area contributed by atoms with Crippen molar-refractivity contribution in [3.63, 3.8) is 0 Å². The second-order valence-electron chi connectivity index (χ2n) is 5.92. The molecule has 120 valence electrons. The maximum absolute atomic E-state index is 11.3. The molecule has 1 aromatic rings. The number of aromatic carboxylic acids is 1. The van der Waals surface area contributed by atoms with Crippen LogP contribution in [0.3, 0.4) is 0 Å². The molecule has 0 fully saturated rings. The Morgan fingerprint density at radius 3 is 2.05 bits per heavy atom. The molecule has 0 saturated carbocycles. The van der Waals surface area contributed by atoms with Gasteiger partial charge in [-0.25, -0.2) is 4.79 Å². The first-order valence-electron chi connectivity index (χ1n) is 8.54. The molecule has 0 aromatic heterocycles. The Morgan fingerprint density at radius 1 is 0.909 bits per heavy atom. The predicted molar refractivity (Wildman–Crippen MR) is 94.8 cm³/mol. The second-order valence-corrected chi connectivity index (χ2v) is 5.92. The number of unbranched alkanes of at least 4 members (excludes halogenated alkanes) is 6. The van der Waals surface area contributed by atoms with Gasteiger partial charge in [-0.15, -0.1) is 0 Å². The van der Waals surface area contributed by atoms with Gasteiger partial charge in [0, 0.05) is 23.1 Å². The first kappa shape index (κ1) is 21.5. The van der Waals surface area contributed by atoms with Crippen molar-refractivity contribution in [3.8, 4) is 0 Å². The number of rotatable bonds is 11. The monoisotopic (exact) mass is 314 g/mol. The third-order valence-corrected chi connectivity index (χ3v) is 4.02. The van der Waals surface area contributed by atoms with Crippen molar-refractivity contribution < 1.29 is 9.90 Å². The third-order valence-electron chi connectivity index (χ3n) is 4.02. The normalized spacial score (nSPS) is 10.3. The maximum atomic E-state index is 11.3. The summed E-state index contributed by atoms with van der Waals surface area (Å²) in [6.45, 7) is 4.41. The second kappa shape index (κ2) is 12.9. The van der Waals surface area contributed by atoms with E-state index in [0.29, 0.717) is 5.56 Å². The van der Waals surface area contributed by atoms with E-state index >= 15 is 0 Å². The largest absolute Gasteiger partial charge is 0.478 e. The molecule has 1 aromatic carbocycles. The fourth-order valence-electron chi connectivity index (χ4n) is 2.72. The highest BCUT2D eigenvalue weighted by Crippen LogP contribution is 2.18. The molecule has 1 rings (SSSR count). The summed E-state index contributed by atoms with van der Waals surface area (Å²) in [5.74, 6) is -0.793. The minimum atomic E-state index is -0.793. The van der Waals surface area contributed by atoms with E-state index in [1.165, 1.54) is 50.5 Å². The van der Waals surface area contributed by atoms with Gasteiger partial charge in [0.25, 0.3) is 0 Å². The molecule has 1 N–H and O–H groups in total. The molecular weight excluding hydrogens is 285 g/mol. The zero-order chi connectivity index (χ0) is 15.5. The number of carboxylic acids is 1. The number of carbonyl (C=O) groups is 1. The van der Waals surface area contributed by atoms with E-state index in [2.05, 4.69) is 19.9 Å². The van der Waals surface area contributed by atoms with Gasteiger partial charge in [0.05, 0.1) is 5.56 Å². The van der Waals surface area contributed by atoms with Crippen LogP contribution in [0, 0.1) is 0 Å². The smallest absolute Gasteiger partial charge is 0.335 e. The Morgan fingerprint density at radius 2 is 1.50 bits per heavy atom. The van der Waals surface area contributed by atoms with Crippen molar-refractivity contribution in [3.05, 3.63) is 34.9 Å². The maximum Gasteiger partial charge on any atom is 0.335 e. The van der Waals surface area contributed by atoms with E-state index in [9.17, 15) is 9.90 Å². The van der Waals surface area contributed by atoms with Gasteiger partial charge in [-0.2, -0.15) is 0 Å². The zero-order valence-electron chi connectivity index (χ0n) is 14.4. The summed E-state index contributed by atoms with van der Waals surface area (Å²) >= 11 is 0. The highest BCUT2D eigenvalue weighted by molar-refractivity contribution is 5.89. The third kappa shape index (κ3) is 8.18. The van der Waals surface area contributed by atoms with Gasteiger partial charge in [0.2, 0.25) is 0 Å². The summed E-state index contributed by atoms with van der Waals surface area (Å²) in [7, 11) is 0. The van der Waals surface area contributed by atoms with Crippen LogP contribution in [0.4, 0.5) is 0 Å². The highest BCUT2D eigenvalue weighted by atomic mass is 24.3. The van der Waals surface area contributed by atoms with Gasteiger partial charge in [0.15, 0.2) is 0 Å². The van der Waals surface area contributed by atoms with Gasteiger partial charge >= 0.3 is 5.97 Å². The average molecular weight is 315 g/mol. The molecule has 0 saturated heterocycles. The van der Waals surface area contributed by atoms with Crippen LogP contribution in [0.1, 0.15) is 86.7 Å². The molecule has 0 atom stereocenters. The molecule has 0 amide bonds. The Balaban J connectivity index is 0.00000441. The summed E-state index contributed by atoms with van der Waals surface area (Å²) in [5.41, 5.74) is 2.80. The lowest BCUT2D eigenvalue weighted by atomic mass is 9.96. The molecule has 0 unspecified atom stereocenters. The molecule has 0 aliphatic heterocycles. The Labute approximate surface area is 151 Å². The fraction of sp³-hybridized carbons (Fsp3) is 0.632. The first-order chi connectivity index (χ1) is 10.2. The van der Waals surface area contributed by atoms with Crippen LogP contribution in [-0.4, -0.2) is 34.1 Å². The van der Waals surface area contributed by atoms with E-state index in [1.54, 1.807) is 6.07 Å². The molecule has 2 nitrogen and oxygen atoms in total. The standard InChI is InChI=1S/C19H30O2.Mg/c1-3-5-7-9-11-16-13-14-18(19(20)21)17(15-16)12-10-8-6-4-2;/h13-15H,3-12H2,1-2H3,(H,20,21);. The van der Waals surface area contributed by atoms with E-state index < -0.39 is 5.97 Å². The van der Waals surface area contributed by atoms with E-state index in [-0.39, 0.29) is 23.1 Å². The lowest BCUT2D eigenvalue weighted by molar-refractivity contribution is 0.0695. The van der Waals surface area contributed by atoms with Crippen molar-refractivity contribution in [1.82, 2.24) is 0 Å². The predicted octanol–water partition coefficient (Wildman–Crippen LogP) is 5.25. The summed E-state index contributed by atoms with van der Waals surface area (Å²) in [4.78, 5) is 11.3. The minimum absolute atomic E-state index is 0. The SMILES string of the molecule is CCCCCCc1ccc(C(=O)O)c(CCCCCC)c1.[Mg]. The molecule has 0 heterocycles. The Bertz CT molecular complexity index is 429. The lowest BCUT2D eigenvalue weighted by Crippen LogP contribution is -2.04. The molecule has 0 aliphatic rings. The number of hydrogen-bond acceptors (Lipinski definition) is 1. The van der Waals surface area contributed by atoms with Crippen molar-refractivity contribution in [2.75, 3.05) is 0 Å². The van der Waals surface area contributed by atoms with Crippen molar-refractivity contribution in [1.29, 1.82) is 0 Å². The van der Waals surface area contributed by atoms with Crippen LogP contribution in [0.25, 0.3) is 0 Å². The number of carboxylic acid groups (broad SMARTS) is 1. The van der Waals surface area contributed by atoms with Gasteiger partial charge in [-0.3, -0.25) is 0 Å². The van der Waals surface area contributed by atoms with Gasteiger partial charge in [0.1, 0.15) is 0 Å². The fourth-order valence-corrected chi connectivity index (χ4v) is 2.72. The lowest BCUT2D eigenvalue weighted by Gasteiger charge is -2.09. The summed E-state index contributed by atoms with van der Waals surface area (Å²) in [6, 6.07) is 5.92. The quantitative estimate of drug-likeness (QED) is 0.447. The summed E-state index contributed by atoms with van der Waals surface area (Å²) in [5, 5.41) is 9.31. The Hall–Kier alpha value is -0.544. The first-order valence-corrected chi connectivity index (χ1v) is 8.54. The van der Waals surface area contributed by atoms with Crippen LogP contribution < -0.4 is 0 Å². The topological polar surface area (TPSA) is 37.3 Å². The van der Waals surface area contributed by atoms with Gasteiger partial charge in [-0.1, -0.05) is 64.5 Å². The zero-order valence-corrected chi connectivity index (χ0v) is 15.8. The molecule has 3 heteroatoms. The van der Waals surface area contributed by atoms with Crippen molar-refractivity contribution in [2.45, 2.75) is 78.1 Å². The van der Waals surface area contributed by atoms with Gasteiger partial charge in [-0.05, 0) is 42.9 Å².